The van der Waals surface area contributed by atoms with Gasteiger partial charge in [0.15, 0.2) is 0 Å². The van der Waals surface area contributed by atoms with Gasteiger partial charge in [0.05, 0.1) is 19.3 Å². The minimum absolute atomic E-state index is 0.152. The number of carbonyl (C=O) groups excluding carboxylic acids is 1. The van der Waals surface area contributed by atoms with Gasteiger partial charge in [-0.25, -0.2) is 10.4 Å². The highest BCUT2D eigenvalue weighted by Gasteiger charge is 2.29. The van der Waals surface area contributed by atoms with Crippen LogP contribution in [-0.4, -0.2) is 60.2 Å². The molecule has 2 saturated heterocycles. The molecule has 3 unspecified atom stereocenters. The van der Waals surface area contributed by atoms with Crippen molar-refractivity contribution in [1.29, 1.82) is 0 Å². The SMILES string of the molecule is CC(NN1C(C)CCCC1C)C(=O)N1CCOCC1. The molecule has 0 radical (unpaired) electrons. The van der Waals surface area contributed by atoms with E-state index < -0.39 is 0 Å². The Morgan fingerprint density at radius 1 is 1.21 bits per heavy atom. The standard InChI is InChI=1S/C14H27N3O2/c1-11-5-4-6-12(2)17(11)15-13(3)14(18)16-7-9-19-10-8-16/h11-13,15H,4-10H2,1-3H3. The van der Waals surface area contributed by atoms with E-state index in [0.717, 1.165) is 13.1 Å². The van der Waals surface area contributed by atoms with Gasteiger partial charge in [0.1, 0.15) is 0 Å². The summed E-state index contributed by atoms with van der Waals surface area (Å²) in [6.07, 6.45) is 3.69. The van der Waals surface area contributed by atoms with Crippen molar-refractivity contribution in [1.82, 2.24) is 15.3 Å². The molecule has 2 heterocycles. The van der Waals surface area contributed by atoms with Crippen LogP contribution in [-0.2, 0) is 9.53 Å². The molecule has 2 fully saturated rings. The summed E-state index contributed by atoms with van der Waals surface area (Å²) in [4.78, 5) is 14.3. The van der Waals surface area contributed by atoms with Crippen LogP contribution in [0.1, 0.15) is 40.0 Å². The van der Waals surface area contributed by atoms with E-state index in [1.807, 2.05) is 11.8 Å². The van der Waals surface area contributed by atoms with Gasteiger partial charge in [0.2, 0.25) is 5.91 Å². The third-order valence-electron chi connectivity index (χ3n) is 4.23. The summed E-state index contributed by atoms with van der Waals surface area (Å²) in [6.45, 7) is 9.19. The van der Waals surface area contributed by atoms with Crippen LogP contribution >= 0.6 is 0 Å². The second-order valence-electron chi connectivity index (χ2n) is 5.82. The molecule has 0 aromatic heterocycles. The Balaban J connectivity index is 1.88. The molecule has 110 valence electrons. The summed E-state index contributed by atoms with van der Waals surface area (Å²) >= 11 is 0. The number of hydrogen-bond acceptors (Lipinski definition) is 4. The van der Waals surface area contributed by atoms with Crippen molar-refractivity contribution in [3.63, 3.8) is 0 Å². The monoisotopic (exact) mass is 269 g/mol. The number of ether oxygens (including phenoxy) is 1. The first kappa shape index (κ1) is 14.8. The number of hydrazine groups is 1. The van der Waals surface area contributed by atoms with Crippen molar-refractivity contribution in [3.05, 3.63) is 0 Å². The third-order valence-corrected chi connectivity index (χ3v) is 4.23. The van der Waals surface area contributed by atoms with Gasteiger partial charge >= 0.3 is 0 Å². The number of piperidine rings is 1. The van der Waals surface area contributed by atoms with Gasteiger partial charge in [-0.3, -0.25) is 4.79 Å². The summed E-state index contributed by atoms with van der Waals surface area (Å²) in [5.41, 5.74) is 3.42. The second-order valence-corrected chi connectivity index (χ2v) is 5.82. The number of rotatable bonds is 3. The zero-order valence-corrected chi connectivity index (χ0v) is 12.4. The molecular weight excluding hydrogens is 242 g/mol. The fourth-order valence-electron chi connectivity index (χ4n) is 3.01. The number of amides is 1. The Morgan fingerprint density at radius 2 is 1.79 bits per heavy atom. The van der Waals surface area contributed by atoms with Crippen molar-refractivity contribution in [2.24, 2.45) is 0 Å². The lowest BCUT2D eigenvalue weighted by molar-refractivity contribution is -0.139. The molecule has 0 aromatic carbocycles. The lowest BCUT2D eigenvalue weighted by Gasteiger charge is -2.41. The summed E-state index contributed by atoms with van der Waals surface area (Å²) < 4.78 is 5.29. The molecule has 0 saturated carbocycles. The molecule has 1 N–H and O–H groups in total. The van der Waals surface area contributed by atoms with Gasteiger partial charge in [0, 0.05) is 25.2 Å². The molecular formula is C14H27N3O2. The number of carbonyl (C=O) groups is 1. The van der Waals surface area contributed by atoms with E-state index in [1.165, 1.54) is 19.3 Å². The fraction of sp³-hybridized carbons (Fsp3) is 0.929. The van der Waals surface area contributed by atoms with Gasteiger partial charge in [-0.15, -0.1) is 0 Å². The lowest BCUT2D eigenvalue weighted by Crippen LogP contribution is -2.59. The van der Waals surface area contributed by atoms with Crippen LogP contribution in [0, 0.1) is 0 Å². The molecule has 0 aliphatic carbocycles. The van der Waals surface area contributed by atoms with Crippen LogP contribution in [0.5, 0.6) is 0 Å². The van der Waals surface area contributed by atoms with Crippen LogP contribution in [0.15, 0.2) is 0 Å². The largest absolute Gasteiger partial charge is 0.378 e. The van der Waals surface area contributed by atoms with Gasteiger partial charge < -0.3 is 9.64 Å². The molecule has 0 aromatic rings. The topological polar surface area (TPSA) is 44.8 Å². The normalized spacial score (nSPS) is 31.2. The summed E-state index contributed by atoms with van der Waals surface area (Å²) in [7, 11) is 0. The highest BCUT2D eigenvalue weighted by Crippen LogP contribution is 2.20. The van der Waals surface area contributed by atoms with E-state index in [1.54, 1.807) is 0 Å². The van der Waals surface area contributed by atoms with E-state index in [0.29, 0.717) is 25.3 Å². The Labute approximate surface area is 116 Å². The van der Waals surface area contributed by atoms with E-state index in [9.17, 15) is 4.79 Å². The Morgan fingerprint density at radius 3 is 2.37 bits per heavy atom. The molecule has 3 atom stereocenters. The average Bonchev–Trinajstić information content (AvgIpc) is 2.43. The van der Waals surface area contributed by atoms with Crippen LogP contribution < -0.4 is 5.43 Å². The van der Waals surface area contributed by atoms with Gasteiger partial charge in [0.25, 0.3) is 0 Å². The number of nitrogens with one attached hydrogen (secondary N) is 1. The summed E-state index contributed by atoms with van der Waals surface area (Å²) in [6, 6.07) is 0.855. The van der Waals surface area contributed by atoms with Crippen LogP contribution in [0.3, 0.4) is 0 Å². The average molecular weight is 269 g/mol. The first-order valence-electron chi connectivity index (χ1n) is 7.50. The maximum Gasteiger partial charge on any atom is 0.240 e. The van der Waals surface area contributed by atoms with E-state index in [-0.39, 0.29) is 11.9 Å². The Hall–Kier alpha value is -0.650. The summed E-state index contributed by atoms with van der Waals surface area (Å²) in [5, 5.41) is 2.27. The molecule has 0 spiro atoms. The van der Waals surface area contributed by atoms with Crippen LogP contribution in [0.2, 0.25) is 0 Å². The van der Waals surface area contributed by atoms with Gasteiger partial charge in [-0.05, 0) is 33.6 Å². The van der Waals surface area contributed by atoms with Crippen LogP contribution in [0.4, 0.5) is 0 Å². The smallest absolute Gasteiger partial charge is 0.240 e. The molecule has 2 rings (SSSR count). The second kappa shape index (κ2) is 6.68. The third kappa shape index (κ3) is 3.68. The number of nitrogens with zero attached hydrogens (tertiary/aromatic N) is 2. The van der Waals surface area contributed by atoms with Crippen LogP contribution in [0.25, 0.3) is 0 Å². The van der Waals surface area contributed by atoms with E-state index in [4.69, 9.17) is 4.74 Å². The molecule has 5 heteroatoms. The molecule has 2 aliphatic heterocycles. The predicted molar refractivity (Wildman–Crippen MR) is 74.6 cm³/mol. The van der Waals surface area contributed by atoms with E-state index in [2.05, 4.69) is 24.3 Å². The first-order valence-corrected chi connectivity index (χ1v) is 7.50. The zero-order chi connectivity index (χ0) is 13.8. The zero-order valence-electron chi connectivity index (χ0n) is 12.4. The number of hydrogen-bond donors (Lipinski definition) is 1. The summed E-state index contributed by atoms with van der Waals surface area (Å²) in [5.74, 6) is 0.188. The fourth-order valence-corrected chi connectivity index (χ4v) is 3.01. The minimum Gasteiger partial charge on any atom is -0.378 e. The number of morpholine rings is 1. The first-order chi connectivity index (χ1) is 9.09. The Kier molecular flexibility index (Phi) is 5.19. The van der Waals surface area contributed by atoms with Gasteiger partial charge in [-0.2, -0.15) is 0 Å². The van der Waals surface area contributed by atoms with Crippen molar-refractivity contribution >= 4 is 5.91 Å². The van der Waals surface area contributed by atoms with Crippen molar-refractivity contribution in [3.8, 4) is 0 Å². The molecule has 5 nitrogen and oxygen atoms in total. The maximum atomic E-state index is 12.4. The maximum absolute atomic E-state index is 12.4. The van der Waals surface area contributed by atoms with Crippen molar-refractivity contribution in [2.75, 3.05) is 26.3 Å². The predicted octanol–water partition coefficient (Wildman–Crippen LogP) is 1.00. The molecule has 0 bridgehead atoms. The minimum atomic E-state index is -0.152. The quantitative estimate of drug-likeness (QED) is 0.830. The molecule has 1 amide bonds. The highest BCUT2D eigenvalue weighted by atomic mass is 16.5. The lowest BCUT2D eigenvalue weighted by atomic mass is 10.00. The van der Waals surface area contributed by atoms with Crippen molar-refractivity contribution in [2.45, 2.75) is 58.2 Å². The molecule has 19 heavy (non-hydrogen) atoms. The highest BCUT2D eigenvalue weighted by molar-refractivity contribution is 5.81. The Bertz CT molecular complexity index is 295. The van der Waals surface area contributed by atoms with Crippen molar-refractivity contribution < 1.29 is 9.53 Å². The van der Waals surface area contributed by atoms with Gasteiger partial charge in [-0.1, -0.05) is 6.42 Å². The molecule has 2 aliphatic rings. The van der Waals surface area contributed by atoms with E-state index >= 15 is 0 Å².